The molecule has 0 aromatic heterocycles. The number of aromatic hydroxyl groups is 1. The van der Waals surface area contributed by atoms with Crippen LogP contribution in [0.2, 0.25) is 0 Å². The minimum Gasteiger partial charge on any atom is -0.508 e. The summed E-state index contributed by atoms with van der Waals surface area (Å²) in [6, 6.07) is 13.3. The van der Waals surface area contributed by atoms with Crippen LogP contribution in [0.4, 0.5) is 5.69 Å². The molecule has 182 valence electrons. The summed E-state index contributed by atoms with van der Waals surface area (Å²) in [5.74, 6) is 1.11. The summed E-state index contributed by atoms with van der Waals surface area (Å²) in [4.78, 5) is 15.0. The highest BCUT2D eigenvalue weighted by molar-refractivity contribution is 6.06. The Morgan fingerprint density at radius 1 is 1.29 bits per heavy atom. The summed E-state index contributed by atoms with van der Waals surface area (Å²) in [5, 5.41) is 20.4. The smallest absolute Gasteiger partial charge is 0.256 e. The average Bonchev–Trinajstić information content (AvgIpc) is 2.84. The number of rotatable bonds is 9. The Hall–Kier alpha value is -3.52. The molecule has 1 heterocycles. The monoisotopic (exact) mass is 465 g/mol. The van der Waals surface area contributed by atoms with Gasteiger partial charge in [-0.15, -0.1) is 0 Å². The van der Waals surface area contributed by atoms with E-state index < -0.39 is 0 Å². The number of allylic oxidation sites excluding steroid dienone is 1. The van der Waals surface area contributed by atoms with E-state index in [0.29, 0.717) is 48.1 Å². The van der Waals surface area contributed by atoms with Crippen molar-refractivity contribution in [1.82, 2.24) is 16.1 Å². The van der Waals surface area contributed by atoms with Crippen LogP contribution in [0, 0.1) is 0 Å². The zero-order valence-electron chi connectivity index (χ0n) is 20.2. The highest BCUT2D eigenvalue weighted by Gasteiger charge is 2.16. The first-order valence-corrected chi connectivity index (χ1v) is 11.6. The number of benzene rings is 2. The fourth-order valence-electron chi connectivity index (χ4n) is 3.79. The van der Waals surface area contributed by atoms with Crippen molar-refractivity contribution in [3.05, 3.63) is 65.9 Å². The number of nitrogens with zero attached hydrogens (tertiary/aromatic N) is 2. The normalized spacial score (nSPS) is 16.1. The number of methoxy groups -OCH3 is 1. The van der Waals surface area contributed by atoms with Gasteiger partial charge in [0.15, 0.2) is 0 Å². The minimum atomic E-state index is -0.194. The second-order valence-corrected chi connectivity index (χ2v) is 8.47. The Morgan fingerprint density at radius 3 is 2.74 bits per heavy atom. The Bertz CT molecular complexity index is 1020. The maximum absolute atomic E-state index is 12.7. The second kappa shape index (κ2) is 12.1. The summed E-state index contributed by atoms with van der Waals surface area (Å²) in [5.41, 5.74) is 6.28. The van der Waals surface area contributed by atoms with E-state index in [1.54, 1.807) is 19.2 Å². The SMILES string of the molecule is C=C(CCc1cc(O)cc(OC)c1)N/N=C(\CC)NC(=O)c1ccc(N2CCN[C@@H](C)C2)cc1. The predicted octanol–water partition coefficient (Wildman–Crippen LogP) is 3.39. The number of anilines is 1. The molecule has 8 nitrogen and oxygen atoms in total. The van der Waals surface area contributed by atoms with Gasteiger partial charge in [-0.3, -0.25) is 10.2 Å². The molecule has 0 spiro atoms. The molecule has 3 rings (SSSR count). The number of carbonyl (C=O) groups is 1. The van der Waals surface area contributed by atoms with Crippen LogP contribution in [0.25, 0.3) is 0 Å². The molecular formula is C26H35N5O3. The van der Waals surface area contributed by atoms with Crippen molar-refractivity contribution < 1.29 is 14.6 Å². The molecule has 2 aromatic carbocycles. The summed E-state index contributed by atoms with van der Waals surface area (Å²) >= 11 is 0. The van der Waals surface area contributed by atoms with E-state index in [4.69, 9.17) is 4.74 Å². The molecule has 1 fully saturated rings. The lowest BCUT2D eigenvalue weighted by molar-refractivity contribution is 0.0976. The number of ether oxygens (including phenoxy) is 1. The van der Waals surface area contributed by atoms with Gasteiger partial charge in [-0.05, 0) is 61.7 Å². The van der Waals surface area contributed by atoms with Crippen molar-refractivity contribution in [2.75, 3.05) is 31.6 Å². The van der Waals surface area contributed by atoms with Gasteiger partial charge in [0.1, 0.15) is 17.3 Å². The molecule has 0 radical (unpaired) electrons. The van der Waals surface area contributed by atoms with E-state index in [1.165, 1.54) is 0 Å². The van der Waals surface area contributed by atoms with E-state index >= 15 is 0 Å². The maximum atomic E-state index is 12.7. The number of amidine groups is 1. The third kappa shape index (κ3) is 7.25. The lowest BCUT2D eigenvalue weighted by Gasteiger charge is -2.33. The molecule has 8 heteroatoms. The highest BCUT2D eigenvalue weighted by Crippen LogP contribution is 2.23. The van der Waals surface area contributed by atoms with E-state index in [0.717, 1.165) is 30.9 Å². The Morgan fingerprint density at radius 2 is 2.06 bits per heavy atom. The van der Waals surface area contributed by atoms with Gasteiger partial charge in [0, 0.05) is 55.1 Å². The molecular weight excluding hydrogens is 430 g/mol. The fourth-order valence-corrected chi connectivity index (χ4v) is 3.79. The van der Waals surface area contributed by atoms with Gasteiger partial charge in [0.05, 0.1) is 7.11 Å². The number of nitrogens with one attached hydrogen (secondary N) is 3. The van der Waals surface area contributed by atoms with Crippen LogP contribution in [0.3, 0.4) is 0 Å². The van der Waals surface area contributed by atoms with E-state index in [2.05, 4.69) is 39.6 Å². The van der Waals surface area contributed by atoms with Gasteiger partial charge < -0.3 is 25.4 Å². The topological polar surface area (TPSA) is 98.2 Å². The van der Waals surface area contributed by atoms with Gasteiger partial charge in [0.25, 0.3) is 5.91 Å². The number of hydrogen-bond acceptors (Lipinski definition) is 7. The molecule has 4 N–H and O–H groups in total. The molecule has 0 unspecified atom stereocenters. The third-order valence-electron chi connectivity index (χ3n) is 5.71. The molecule has 1 atom stereocenters. The molecule has 1 amide bonds. The third-order valence-corrected chi connectivity index (χ3v) is 5.71. The molecule has 1 aliphatic heterocycles. The number of carbonyl (C=O) groups excluding carboxylic acids is 1. The molecule has 0 bridgehead atoms. The Labute approximate surface area is 201 Å². The molecule has 0 saturated carbocycles. The molecule has 0 aliphatic carbocycles. The number of amides is 1. The van der Waals surface area contributed by atoms with Crippen molar-refractivity contribution in [2.45, 2.75) is 39.2 Å². The number of aryl methyl sites for hydroxylation is 1. The summed E-state index contributed by atoms with van der Waals surface area (Å²) in [6.45, 7) is 11.0. The lowest BCUT2D eigenvalue weighted by atomic mass is 10.1. The Kier molecular flexibility index (Phi) is 8.93. The van der Waals surface area contributed by atoms with Crippen molar-refractivity contribution in [3.63, 3.8) is 0 Å². The van der Waals surface area contributed by atoms with Crippen LogP contribution in [-0.4, -0.2) is 49.6 Å². The van der Waals surface area contributed by atoms with Crippen molar-refractivity contribution in [3.8, 4) is 11.5 Å². The van der Waals surface area contributed by atoms with Crippen LogP contribution in [-0.2, 0) is 6.42 Å². The first-order valence-electron chi connectivity index (χ1n) is 11.6. The first-order chi connectivity index (χ1) is 16.4. The van der Waals surface area contributed by atoms with Gasteiger partial charge in [0.2, 0.25) is 0 Å². The maximum Gasteiger partial charge on any atom is 0.256 e. The summed E-state index contributed by atoms with van der Waals surface area (Å²) in [6.07, 6.45) is 1.85. The van der Waals surface area contributed by atoms with Gasteiger partial charge >= 0.3 is 0 Å². The number of hydrazone groups is 1. The fraction of sp³-hybridized carbons (Fsp3) is 0.385. The summed E-state index contributed by atoms with van der Waals surface area (Å²) < 4.78 is 5.19. The van der Waals surface area contributed by atoms with Crippen LogP contribution in [0.15, 0.2) is 59.8 Å². The van der Waals surface area contributed by atoms with Gasteiger partial charge in [-0.25, -0.2) is 0 Å². The van der Waals surface area contributed by atoms with Gasteiger partial charge in [-0.2, -0.15) is 5.10 Å². The van der Waals surface area contributed by atoms with Crippen LogP contribution < -0.4 is 25.7 Å². The number of piperazine rings is 1. The second-order valence-electron chi connectivity index (χ2n) is 8.47. The molecule has 1 aliphatic rings. The van der Waals surface area contributed by atoms with Crippen molar-refractivity contribution in [1.29, 1.82) is 0 Å². The Balaban J connectivity index is 1.51. The van der Waals surface area contributed by atoms with Gasteiger partial charge in [-0.1, -0.05) is 13.5 Å². The summed E-state index contributed by atoms with van der Waals surface area (Å²) in [7, 11) is 1.56. The zero-order chi connectivity index (χ0) is 24.5. The first kappa shape index (κ1) is 25.1. The van der Waals surface area contributed by atoms with E-state index in [9.17, 15) is 9.90 Å². The van der Waals surface area contributed by atoms with Crippen LogP contribution >= 0.6 is 0 Å². The van der Waals surface area contributed by atoms with Crippen LogP contribution in [0.1, 0.15) is 42.6 Å². The van der Waals surface area contributed by atoms with Crippen molar-refractivity contribution in [2.24, 2.45) is 5.10 Å². The number of phenolic OH excluding ortho intramolecular Hbond substituents is 1. The highest BCUT2D eigenvalue weighted by atomic mass is 16.5. The quantitative estimate of drug-likeness (QED) is 0.257. The molecule has 2 aromatic rings. The molecule has 34 heavy (non-hydrogen) atoms. The van der Waals surface area contributed by atoms with Crippen LogP contribution in [0.5, 0.6) is 11.5 Å². The molecule has 1 saturated heterocycles. The van der Waals surface area contributed by atoms with E-state index in [1.807, 2.05) is 37.3 Å². The standard InChI is InChI=1S/C26H35N5O3/c1-5-25(30-29-18(2)6-7-20-14-23(32)16-24(15-20)34-4)28-26(33)21-8-10-22(11-9-21)31-13-12-27-19(3)17-31/h8-11,14-16,19,27,29,32H,2,5-7,12-13,17H2,1,3-4H3,(H,28,30,33)/t19-/m0/s1. The van der Waals surface area contributed by atoms with Crippen molar-refractivity contribution >= 4 is 17.4 Å². The zero-order valence-corrected chi connectivity index (χ0v) is 20.2. The van der Waals surface area contributed by atoms with E-state index in [-0.39, 0.29) is 11.7 Å². The number of phenols is 1. The minimum absolute atomic E-state index is 0.164. The predicted molar refractivity (Wildman–Crippen MR) is 137 cm³/mol. The number of hydrogen-bond donors (Lipinski definition) is 4. The lowest BCUT2D eigenvalue weighted by Crippen LogP contribution is -2.49. The largest absolute Gasteiger partial charge is 0.508 e. The average molecular weight is 466 g/mol.